The van der Waals surface area contributed by atoms with E-state index >= 15 is 0 Å². The highest BCUT2D eigenvalue weighted by Crippen LogP contribution is 2.37. The van der Waals surface area contributed by atoms with Crippen molar-refractivity contribution in [2.45, 2.75) is 57.5 Å². The van der Waals surface area contributed by atoms with Crippen LogP contribution in [0.2, 0.25) is 0 Å². The van der Waals surface area contributed by atoms with Gasteiger partial charge in [-0.3, -0.25) is 9.97 Å². The lowest BCUT2D eigenvalue weighted by Gasteiger charge is -2.41. The maximum absolute atomic E-state index is 13.7. The summed E-state index contributed by atoms with van der Waals surface area (Å²) in [5, 5.41) is 22.1. The molecule has 2 aromatic rings. The van der Waals surface area contributed by atoms with Gasteiger partial charge in [-0.15, -0.1) is 0 Å². The predicted molar refractivity (Wildman–Crippen MR) is 108 cm³/mol. The van der Waals surface area contributed by atoms with E-state index in [1.54, 1.807) is 24.0 Å². The van der Waals surface area contributed by atoms with E-state index in [0.717, 1.165) is 0 Å². The molecule has 1 aromatic heterocycles. The van der Waals surface area contributed by atoms with Crippen molar-refractivity contribution in [2.75, 3.05) is 18.0 Å². The molecule has 1 aliphatic rings. The number of hydrogen-bond acceptors (Lipinski definition) is 6. The topological polar surface area (TPSA) is 85.1 Å². The molecule has 3 rings (SSSR count). The minimum atomic E-state index is -4.31. The van der Waals surface area contributed by atoms with Crippen molar-refractivity contribution in [3.63, 3.8) is 0 Å². The molecule has 2 heterocycles. The summed E-state index contributed by atoms with van der Waals surface area (Å²) in [5.41, 5.74) is 1.71. The lowest BCUT2D eigenvalue weighted by atomic mass is 9.92. The Kier molecular flexibility index (Phi) is 6.78. The fraction of sp³-hybridized carbons (Fsp3) is 0.571. The van der Waals surface area contributed by atoms with Gasteiger partial charge in [-0.1, -0.05) is 0 Å². The van der Waals surface area contributed by atoms with Gasteiger partial charge in [0.15, 0.2) is 0 Å². The van der Waals surface area contributed by atoms with Gasteiger partial charge in [-0.25, -0.2) is 0 Å². The Morgan fingerprint density at radius 3 is 2.53 bits per heavy atom. The van der Waals surface area contributed by atoms with Crippen LogP contribution in [0.25, 0.3) is 11.0 Å². The van der Waals surface area contributed by atoms with Crippen LogP contribution >= 0.6 is 0 Å². The molecule has 162 valence electrons. The zero-order chi connectivity index (χ0) is 21.9. The van der Waals surface area contributed by atoms with Crippen LogP contribution in [0.5, 0.6) is 0 Å². The SMILES string of the molecule is CC(O)CCC(C)NC1CC(C(F)(F)F)CN(c2ccc(C#N)c3nccnc23)C1. The Morgan fingerprint density at radius 1 is 1.20 bits per heavy atom. The molecule has 0 spiro atoms. The molecule has 0 aliphatic carbocycles. The number of fused-ring (bicyclic) bond motifs is 1. The lowest BCUT2D eigenvalue weighted by molar-refractivity contribution is -0.177. The quantitative estimate of drug-likeness (QED) is 0.744. The third kappa shape index (κ3) is 5.18. The van der Waals surface area contributed by atoms with Crippen molar-refractivity contribution >= 4 is 16.7 Å². The Morgan fingerprint density at radius 2 is 1.90 bits per heavy atom. The number of aliphatic hydroxyl groups excluding tert-OH is 1. The molecule has 4 atom stereocenters. The number of aromatic nitrogens is 2. The standard InChI is InChI=1S/C21H26F3N5O/c1-13(3-4-14(2)30)28-17-9-16(21(22,23)24)11-29(12-17)18-6-5-15(10-25)19-20(18)27-8-7-26-19/h5-8,13-14,16-17,28,30H,3-4,9,11-12H2,1-2H3. The molecule has 0 amide bonds. The summed E-state index contributed by atoms with van der Waals surface area (Å²) in [6.45, 7) is 3.85. The molecular weight excluding hydrogens is 395 g/mol. The molecule has 0 saturated carbocycles. The van der Waals surface area contributed by atoms with Gasteiger partial charge in [0.05, 0.1) is 23.3 Å². The average molecular weight is 421 g/mol. The molecule has 0 bridgehead atoms. The summed E-state index contributed by atoms with van der Waals surface area (Å²) in [6.07, 6.45) is -0.543. The minimum absolute atomic E-state index is 0.00108. The van der Waals surface area contributed by atoms with E-state index in [1.807, 2.05) is 6.92 Å². The summed E-state index contributed by atoms with van der Waals surface area (Å²) < 4.78 is 41.0. The molecule has 1 aliphatic heterocycles. The number of aliphatic hydroxyl groups is 1. The number of piperidine rings is 1. The van der Waals surface area contributed by atoms with Crippen LogP contribution in [-0.2, 0) is 0 Å². The lowest BCUT2D eigenvalue weighted by Crippen LogP contribution is -2.54. The normalized spacial score (nSPS) is 22.0. The predicted octanol–water partition coefficient (Wildman–Crippen LogP) is 3.40. The number of hydrogen-bond donors (Lipinski definition) is 2. The van der Waals surface area contributed by atoms with E-state index in [2.05, 4.69) is 21.4 Å². The fourth-order valence-electron chi connectivity index (χ4n) is 4.02. The Bertz CT molecular complexity index is 912. The molecule has 0 radical (unpaired) electrons. The Labute approximate surface area is 173 Å². The van der Waals surface area contributed by atoms with Crippen molar-refractivity contribution in [3.8, 4) is 6.07 Å². The second-order valence-corrected chi connectivity index (χ2v) is 8.07. The molecule has 1 aromatic carbocycles. The number of rotatable bonds is 6. The number of nitrogens with zero attached hydrogens (tertiary/aromatic N) is 4. The van der Waals surface area contributed by atoms with Gasteiger partial charge in [0.1, 0.15) is 17.1 Å². The first-order valence-corrected chi connectivity index (χ1v) is 10.1. The molecule has 1 fully saturated rings. The van der Waals surface area contributed by atoms with Gasteiger partial charge < -0.3 is 15.3 Å². The van der Waals surface area contributed by atoms with Crippen molar-refractivity contribution in [3.05, 3.63) is 30.1 Å². The monoisotopic (exact) mass is 421 g/mol. The van der Waals surface area contributed by atoms with E-state index in [-0.39, 0.29) is 25.0 Å². The maximum Gasteiger partial charge on any atom is 0.393 e. The molecule has 1 saturated heterocycles. The number of benzene rings is 1. The highest BCUT2D eigenvalue weighted by Gasteiger charge is 2.45. The first kappa shape index (κ1) is 22.2. The van der Waals surface area contributed by atoms with Crippen LogP contribution in [0, 0.1) is 17.2 Å². The second kappa shape index (κ2) is 9.14. The van der Waals surface area contributed by atoms with E-state index in [9.17, 15) is 23.5 Å². The highest BCUT2D eigenvalue weighted by molar-refractivity contribution is 5.92. The van der Waals surface area contributed by atoms with E-state index < -0.39 is 18.2 Å². The Balaban J connectivity index is 1.88. The number of anilines is 1. The molecule has 6 nitrogen and oxygen atoms in total. The summed E-state index contributed by atoms with van der Waals surface area (Å²) >= 11 is 0. The molecule has 30 heavy (non-hydrogen) atoms. The minimum Gasteiger partial charge on any atom is -0.393 e. The third-order valence-corrected chi connectivity index (χ3v) is 5.52. The van der Waals surface area contributed by atoms with E-state index in [0.29, 0.717) is 41.7 Å². The van der Waals surface area contributed by atoms with Gasteiger partial charge in [0.2, 0.25) is 0 Å². The smallest absolute Gasteiger partial charge is 0.393 e. The van der Waals surface area contributed by atoms with Crippen LogP contribution in [0.4, 0.5) is 18.9 Å². The van der Waals surface area contributed by atoms with Crippen molar-refractivity contribution in [1.82, 2.24) is 15.3 Å². The van der Waals surface area contributed by atoms with Gasteiger partial charge in [-0.05, 0) is 45.2 Å². The van der Waals surface area contributed by atoms with Crippen LogP contribution < -0.4 is 10.2 Å². The van der Waals surface area contributed by atoms with Crippen molar-refractivity contribution < 1.29 is 18.3 Å². The summed E-state index contributed by atoms with van der Waals surface area (Å²) in [5.74, 6) is -1.48. The van der Waals surface area contributed by atoms with E-state index in [1.165, 1.54) is 12.4 Å². The summed E-state index contributed by atoms with van der Waals surface area (Å²) in [4.78, 5) is 10.2. The molecule has 4 unspecified atom stereocenters. The summed E-state index contributed by atoms with van der Waals surface area (Å²) in [7, 11) is 0. The number of nitriles is 1. The number of halogens is 3. The van der Waals surface area contributed by atoms with Crippen LogP contribution in [-0.4, -0.2) is 52.5 Å². The van der Waals surface area contributed by atoms with Crippen LogP contribution in [0.1, 0.15) is 38.7 Å². The van der Waals surface area contributed by atoms with Gasteiger partial charge >= 0.3 is 6.18 Å². The highest BCUT2D eigenvalue weighted by atomic mass is 19.4. The average Bonchev–Trinajstić information content (AvgIpc) is 2.70. The number of nitrogens with one attached hydrogen (secondary N) is 1. The largest absolute Gasteiger partial charge is 0.393 e. The summed E-state index contributed by atoms with van der Waals surface area (Å²) in [6, 6.07) is 4.91. The van der Waals surface area contributed by atoms with Crippen molar-refractivity contribution in [1.29, 1.82) is 5.26 Å². The van der Waals surface area contributed by atoms with Gasteiger partial charge in [-0.2, -0.15) is 18.4 Å². The zero-order valence-corrected chi connectivity index (χ0v) is 17.0. The first-order valence-electron chi connectivity index (χ1n) is 10.1. The van der Waals surface area contributed by atoms with Gasteiger partial charge in [0.25, 0.3) is 0 Å². The molecule has 9 heteroatoms. The number of alkyl halides is 3. The maximum atomic E-state index is 13.7. The first-order chi connectivity index (χ1) is 14.2. The van der Waals surface area contributed by atoms with Crippen LogP contribution in [0.15, 0.2) is 24.5 Å². The Hall–Kier alpha value is -2.44. The van der Waals surface area contributed by atoms with Crippen molar-refractivity contribution in [2.24, 2.45) is 5.92 Å². The molecule has 2 N–H and O–H groups in total. The molecular formula is C21H26F3N5O. The fourth-order valence-corrected chi connectivity index (χ4v) is 4.02. The second-order valence-electron chi connectivity index (χ2n) is 8.07. The van der Waals surface area contributed by atoms with Crippen LogP contribution in [0.3, 0.4) is 0 Å². The zero-order valence-electron chi connectivity index (χ0n) is 17.0. The van der Waals surface area contributed by atoms with Gasteiger partial charge in [0, 0.05) is 37.6 Å². The van der Waals surface area contributed by atoms with E-state index in [4.69, 9.17) is 0 Å². The third-order valence-electron chi connectivity index (χ3n) is 5.52.